The van der Waals surface area contributed by atoms with Crippen LogP contribution in [0, 0.1) is 0 Å². The van der Waals surface area contributed by atoms with E-state index in [2.05, 4.69) is 4.99 Å². The third kappa shape index (κ3) is 3.57. The van der Waals surface area contributed by atoms with Gasteiger partial charge in [-0.2, -0.15) is 13.2 Å². The number of methoxy groups -OCH3 is 1. The average Bonchev–Trinajstić information content (AvgIpc) is 2.94. The number of ether oxygens (including phenoxy) is 2. The highest BCUT2D eigenvalue weighted by Gasteiger charge is 2.33. The third-order valence-electron chi connectivity index (χ3n) is 3.59. The van der Waals surface area contributed by atoms with Crippen molar-refractivity contribution in [3.05, 3.63) is 69.9 Å². The van der Waals surface area contributed by atoms with Crippen LogP contribution in [0.25, 0.3) is 6.08 Å². The minimum absolute atomic E-state index is 0.0848. The van der Waals surface area contributed by atoms with E-state index in [1.807, 2.05) is 0 Å². The summed E-state index contributed by atoms with van der Waals surface area (Å²) in [6.45, 7) is 0. The summed E-state index contributed by atoms with van der Waals surface area (Å²) in [5.74, 6) is -0.444. The highest BCUT2D eigenvalue weighted by Crippen LogP contribution is 2.34. The predicted octanol–water partition coefficient (Wildman–Crippen LogP) is 4.71. The van der Waals surface area contributed by atoms with Crippen LogP contribution < -0.4 is 4.74 Å². The second kappa shape index (κ2) is 6.84. The van der Waals surface area contributed by atoms with Gasteiger partial charge in [-0.15, -0.1) is 0 Å². The van der Waals surface area contributed by atoms with Crippen molar-refractivity contribution in [3.63, 3.8) is 0 Å². The number of hydrogen-bond acceptors (Lipinski definition) is 4. The van der Waals surface area contributed by atoms with Crippen LogP contribution in [0.5, 0.6) is 5.75 Å². The molecule has 1 aliphatic rings. The molecule has 4 nitrogen and oxygen atoms in total. The smallest absolute Gasteiger partial charge is 0.416 e. The van der Waals surface area contributed by atoms with Crippen LogP contribution in [0.3, 0.4) is 0 Å². The first-order valence-corrected chi connectivity index (χ1v) is 7.70. The van der Waals surface area contributed by atoms with E-state index in [1.165, 1.54) is 31.4 Å². The van der Waals surface area contributed by atoms with Crippen molar-refractivity contribution < 1.29 is 27.4 Å². The fourth-order valence-corrected chi connectivity index (χ4v) is 2.60. The zero-order chi connectivity index (χ0) is 18.9. The van der Waals surface area contributed by atoms with Gasteiger partial charge >= 0.3 is 12.1 Å². The first-order chi connectivity index (χ1) is 12.3. The standard InChI is InChI=1S/C18H11ClF3NO3/c1-25-11-6-7-12(14(19)9-11)16-23-15(17(24)26-16)8-10-4-2-3-5-13(10)18(20,21)22/h2-9H,1H3. The Bertz CT molecular complexity index is 936. The molecular formula is C18H11ClF3NO3. The second-order valence-electron chi connectivity index (χ2n) is 5.27. The second-order valence-corrected chi connectivity index (χ2v) is 5.67. The molecular weight excluding hydrogens is 371 g/mol. The van der Waals surface area contributed by atoms with E-state index in [-0.39, 0.29) is 22.2 Å². The lowest BCUT2D eigenvalue weighted by Crippen LogP contribution is -2.08. The number of esters is 1. The highest BCUT2D eigenvalue weighted by molar-refractivity contribution is 6.34. The normalized spacial score (nSPS) is 15.8. The Morgan fingerprint density at radius 3 is 2.58 bits per heavy atom. The van der Waals surface area contributed by atoms with Crippen LogP contribution >= 0.6 is 11.6 Å². The number of carbonyl (C=O) groups excluding carboxylic acids is 1. The molecule has 0 atom stereocenters. The molecule has 2 aromatic rings. The molecule has 0 amide bonds. The van der Waals surface area contributed by atoms with Gasteiger partial charge in [0.2, 0.25) is 5.90 Å². The summed E-state index contributed by atoms with van der Waals surface area (Å²) in [5.41, 5.74) is -0.971. The number of rotatable bonds is 3. The Balaban J connectivity index is 2.01. The van der Waals surface area contributed by atoms with E-state index in [9.17, 15) is 18.0 Å². The topological polar surface area (TPSA) is 47.9 Å². The molecule has 3 rings (SSSR count). The lowest BCUT2D eigenvalue weighted by molar-refractivity contribution is -0.137. The van der Waals surface area contributed by atoms with Crippen LogP contribution in [-0.2, 0) is 15.7 Å². The number of halogens is 4. The van der Waals surface area contributed by atoms with E-state index in [1.54, 1.807) is 12.1 Å². The number of nitrogens with zero attached hydrogens (tertiary/aromatic N) is 1. The van der Waals surface area contributed by atoms with Crippen molar-refractivity contribution in [2.75, 3.05) is 7.11 Å². The van der Waals surface area contributed by atoms with E-state index in [4.69, 9.17) is 21.1 Å². The van der Waals surface area contributed by atoms with Crippen LogP contribution in [0.1, 0.15) is 16.7 Å². The maximum absolute atomic E-state index is 13.1. The third-order valence-corrected chi connectivity index (χ3v) is 3.90. The van der Waals surface area contributed by atoms with Crippen LogP contribution in [0.15, 0.2) is 53.2 Å². The lowest BCUT2D eigenvalue weighted by Gasteiger charge is -2.09. The zero-order valence-electron chi connectivity index (χ0n) is 13.3. The molecule has 134 valence electrons. The summed E-state index contributed by atoms with van der Waals surface area (Å²) < 4.78 is 49.3. The van der Waals surface area contributed by atoms with Crippen LogP contribution in [0.4, 0.5) is 13.2 Å². The van der Waals surface area contributed by atoms with E-state index in [0.717, 1.165) is 12.1 Å². The highest BCUT2D eigenvalue weighted by atomic mass is 35.5. The molecule has 0 aromatic heterocycles. The fourth-order valence-electron chi connectivity index (χ4n) is 2.35. The Labute approximate surface area is 151 Å². The van der Waals surface area contributed by atoms with Gasteiger partial charge in [-0.3, -0.25) is 0 Å². The molecule has 0 radical (unpaired) electrons. The molecule has 0 aliphatic carbocycles. The number of hydrogen-bond donors (Lipinski definition) is 0. The number of cyclic esters (lactones) is 1. The number of alkyl halides is 3. The SMILES string of the molecule is COc1ccc(C2=NC(=Cc3ccccc3C(F)(F)F)C(=O)O2)c(Cl)c1. The summed E-state index contributed by atoms with van der Waals surface area (Å²) >= 11 is 6.11. The van der Waals surface area contributed by atoms with Crippen molar-refractivity contribution in [2.45, 2.75) is 6.18 Å². The van der Waals surface area contributed by atoms with Gasteiger partial charge in [0.15, 0.2) is 5.70 Å². The predicted molar refractivity (Wildman–Crippen MR) is 90.1 cm³/mol. The van der Waals surface area contributed by atoms with Gasteiger partial charge in [0, 0.05) is 0 Å². The van der Waals surface area contributed by atoms with Gasteiger partial charge in [0.1, 0.15) is 5.75 Å². The lowest BCUT2D eigenvalue weighted by atomic mass is 10.1. The monoisotopic (exact) mass is 381 g/mol. The molecule has 0 N–H and O–H groups in total. The van der Waals surface area contributed by atoms with Gasteiger partial charge in [0.25, 0.3) is 0 Å². The quantitative estimate of drug-likeness (QED) is 0.571. The van der Waals surface area contributed by atoms with Crippen molar-refractivity contribution in [3.8, 4) is 5.75 Å². The van der Waals surface area contributed by atoms with Crippen LogP contribution in [0.2, 0.25) is 5.02 Å². The molecule has 0 saturated carbocycles. The zero-order valence-corrected chi connectivity index (χ0v) is 14.1. The van der Waals surface area contributed by atoms with Crippen molar-refractivity contribution in [1.29, 1.82) is 0 Å². The Kier molecular flexibility index (Phi) is 4.73. The van der Waals surface area contributed by atoms with Crippen molar-refractivity contribution in [1.82, 2.24) is 0 Å². The Hall–Kier alpha value is -2.80. The molecule has 2 aromatic carbocycles. The van der Waals surface area contributed by atoms with Gasteiger partial charge < -0.3 is 9.47 Å². The Morgan fingerprint density at radius 2 is 1.92 bits per heavy atom. The number of benzene rings is 2. The maximum atomic E-state index is 13.1. The molecule has 1 heterocycles. The van der Waals surface area contributed by atoms with Gasteiger partial charge in [-0.25, -0.2) is 9.79 Å². The summed E-state index contributed by atoms with van der Waals surface area (Å²) in [5, 5.41) is 0.229. The van der Waals surface area contributed by atoms with Crippen molar-refractivity contribution >= 4 is 29.5 Å². The van der Waals surface area contributed by atoms with Gasteiger partial charge in [-0.05, 0) is 35.9 Å². The van der Waals surface area contributed by atoms with Gasteiger partial charge in [-0.1, -0.05) is 29.8 Å². The van der Waals surface area contributed by atoms with E-state index in [0.29, 0.717) is 11.3 Å². The molecule has 0 spiro atoms. The van der Waals surface area contributed by atoms with E-state index < -0.39 is 17.7 Å². The minimum Gasteiger partial charge on any atom is -0.497 e. The molecule has 0 saturated heterocycles. The molecule has 8 heteroatoms. The average molecular weight is 382 g/mol. The molecule has 0 unspecified atom stereocenters. The number of aliphatic imine (C=N–C) groups is 1. The Morgan fingerprint density at radius 1 is 1.19 bits per heavy atom. The molecule has 26 heavy (non-hydrogen) atoms. The fraction of sp³-hybridized carbons (Fsp3) is 0.111. The summed E-state index contributed by atoms with van der Waals surface area (Å²) in [7, 11) is 1.47. The van der Waals surface area contributed by atoms with Crippen LogP contribution in [-0.4, -0.2) is 19.0 Å². The van der Waals surface area contributed by atoms with Gasteiger partial charge in [0.05, 0.1) is 23.3 Å². The largest absolute Gasteiger partial charge is 0.497 e. The summed E-state index contributed by atoms with van der Waals surface area (Å²) in [6, 6.07) is 9.52. The first-order valence-electron chi connectivity index (χ1n) is 7.32. The molecule has 0 fully saturated rings. The summed E-state index contributed by atoms with van der Waals surface area (Å²) in [4.78, 5) is 16.0. The maximum Gasteiger partial charge on any atom is 0.416 e. The number of carbonyl (C=O) groups is 1. The molecule has 0 bridgehead atoms. The van der Waals surface area contributed by atoms with Crippen molar-refractivity contribution in [2.24, 2.45) is 4.99 Å². The minimum atomic E-state index is -4.55. The summed E-state index contributed by atoms with van der Waals surface area (Å²) in [6.07, 6.45) is -3.52. The molecule has 1 aliphatic heterocycles. The first kappa shape index (κ1) is 18.0. The van der Waals surface area contributed by atoms with E-state index >= 15 is 0 Å².